The minimum atomic E-state index is -0.552. The summed E-state index contributed by atoms with van der Waals surface area (Å²) in [6.07, 6.45) is 2.03. The summed E-state index contributed by atoms with van der Waals surface area (Å²) in [6, 6.07) is 5.66. The van der Waals surface area contributed by atoms with Gasteiger partial charge in [0.15, 0.2) is 11.6 Å². The van der Waals surface area contributed by atoms with Crippen LogP contribution in [0, 0.1) is 17.1 Å². The van der Waals surface area contributed by atoms with Crippen LogP contribution in [0.3, 0.4) is 0 Å². The number of benzene rings is 1. The van der Waals surface area contributed by atoms with E-state index in [1.54, 1.807) is 11.9 Å². The fourth-order valence-electron chi connectivity index (χ4n) is 3.34. The van der Waals surface area contributed by atoms with Crippen molar-refractivity contribution in [2.24, 2.45) is 0 Å². The van der Waals surface area contributed by atoms with Crippen LogP contribution < -0.4 is 4.74 Å². The van der Waals surface area contributed by atoms with Gasteiger partial charge in [-0.3, -0.25) is 9.59 Å². The number of hydrogen-bond acceptors (Lipinski definition) is 4. The molecule has 2 fully saturated rings. The number of rotatable bonds is 3. The number of likely N-dealkylation sites (N-methyl/N-ethyl adjacent to an activating group) is 1. The van der Waals surface area contributed by atoms with Gasteiger partial charge in [-0.1, -0.05) is 0 Å². The molecule has 2 heterocycles. The van der Waals surface area contributed by atoms with Crippen LogP contribution in [0.1, 0.15) is 31.2 Å². The second-order valence-corrected chi connectivity index (χ2v) is 6.46. The zero-order valence-electron chi connectivity index (χ0n) is 14.1. The number of likely N-dealkylation sites (tertiary alicyclic amines) is 2. The lowest BCUT2D eigenvalue weighted by atomic mass is 10.1. The first kappa shape index (κ1) is 17.2. The molecular weight excluding hydrogens is 325 g/mol. The lowest BCUT2D eigenvalue weighted by molar-refractivity contribution is -0.141. The molecule has 1 aromatic carbocycles. The number of carbonyl (C=O) groups is 2. The van der Waals surface area contributed by atoms with Crippen LogP contribution in [0.25, 0.3) is 0 Å². The van der Waals surface area contributed by atoms with Crippen LogP contribution in [-0.4, -0.2) is 53.9 Å². The third kappa shape index (κ3) is 3.58. The molecule has 0 radical (unpaired) electrons. The van der Waals surface area contributed by atoms with Crippen molar-refractivity contribution in [3.8, 4) is 11.8 Å². The fraction of sp³-hybridized carbons (Fsp3) is 0.500. The van der Waals surface area contributed by atoms with E-state index in [1.165, 1.54) is 17.0 Å². The summed E-state index contributed by atoms with van der Waals surface area (Å²) in [4.78, 5) is 27.4. The predicted octanol–water partition coefficient (Wildman–Crippen LogP) is 1.69. The Kier molecular flexibility index (Phi) is 4.88. The Hall–Kier alpha value is -2.62. The Balaban J connectivity index is 1.55. The topological polar surface area (TPSA) is 73.6 Å². The maximum Gasteiger partial charge on any atom is 0.245 e. The number of hydrogen-bond donors (Lipinski definition) is 0. The third-order valence-corrected chi connectivity index (χ3v) is 4.89. The molecule has 6 nitrogen and oxygen atoms in total. The monoisotopic (exact) mass is 345 g/mol. The SMILES string of the molecule is CN1C(=O)CCC1C(=O)N1CCC(Oc2ccc(C#N)cc2F)CC1. The lowest BCUT2D eigenvalue weighted by Gasteiger charge is -2.34. The summed E-state index contributed by atoms with van der Waals surface area (Å²) in [6.45, 7) is 1.06. The smallest absolute Gasteiger partial charge is 0.245 e. The minimum absolute atomic E-state index is 0.00728. The highest BCUT2D eigenvalue weighted by molar-refractivity contribution is 5.90. The third-order valence-electron chi connectivity index (χ3n) is 4.89. The summed E-state index contributed by atoms with van der Waals surface area (Å²) < 4.78 is 19.6. The Morgan fingerprint density at radius 3 is 2.60 bits per heavy atom. The molecule has 25 heavy (non-hydrogen) atoms. The standard InChI is InChI=1S/C18H20FN3O3/c1-21-15(3-5-17(21)23)18(24)22-8-6-13(7-9-22)25-16-4-2-12(11-20)10-14(16)19/h2,4,10,13,15H,3,5-9H2,1H3. The van der Waals surface area contributed by atoms with Crippen LogP contribution in [0.4, 0.5) is 4.39 Å². The first-order valence-corrected chi connectivity index (χ1v) is 8.40. The van der Waals surface area contributed by atoms with Crippen LogP contribution in [0.5, 0.6) is 5.75 Å². The summed E-state index contributed by atoms with van der Waals surface area (Å²) in [7, 11) is 1.67. The van der Waals surface area contributed by atoms with E-state index < -0.39 is 5.82 Å². The molecule has 0 aromatic heterocycles. The molecule has 3 rings (SSSR count). The molecule has 2 aliphatic heterocycles. The van der Waals surface area contributed by atoms with E-state index in [1.807, 2.05) is 6.07 Å². The second kappa shape index (κ2) is 7.09. The van der Waals surface area contributed by atoms with Gasteiger partial charge in [0.05, 0.1) is 11.6 Å². The fourth-order valence-corrected chi connectivity index (χ4v) is 3.34. The van der Waals surface area contributed by atoms with Crippen LogP contribution in [0.15, 0.2) is 18.2 Å². The van der Waals surface area contributed by atoms with E-state index in [-0.39, 0.29) is 35.3 Å². The maximum atomic E-state index is 13.9. The minimum Gasteiger partial charge on any atom is -0.487 e. The first-order chi connectivity index (χ1) is 12.0. The molecule has 0 bridgehead atoms. The van der Waals surface area contributed by atoms with Crippen molar-refractivity contribution in [3.63, 3.8) is 0 Å². The summed E-state index contributed by atoms with van der Waals surface area (Å²) >= 11 is 0. The Morgan fingerprint density at radius 2 is 2.04 bits per heavy atom. The van der Waals surface area contributed by atoms with Crippen molar-refractivity contribution in [2.75, 3.05) is 20.1 Å². The highest BCUT2D eigenvalue weighted by atomic mass is 19.1. The van der Waals surface area contributed by atoms with Crippen molar-refractivity contribution >= 4 is 11.8 Å². The van der Waals surface area contributed by atoms with Gasteiger partial charge in [0.25, 0.3) is 0 Å². The summed E-state index contributed by atoms with van der Waals surface area (Å²) in [5.41, 5.74) is 0.250. The van der Waals surface area contributed by atoms with Crippen molar-refractivity contribution in [3.05, 3.63) is 29.6 Å². The number of nitrogens with zero attached hydrogens (tertiary/aromatic N) is 3. The lowest BCUT2D eigenvalue weighted by Crippen LogP contribution is -2.49. The van der Waals surface area contributed by atoms with Gasteiger partial charge < -0.3 is 14.5 Å². The van der Waals surface area contributed by atoms with E-state index in [0.29, 0.717) is 38.8 Å². The van der Waals surface area contributed by atoms with Gasteiger partial charge in [-0.15, -0.1) is 0 Å². The average molecular weight is 345 g/mol. The molecule has 0 aliphatic carbocycles. The molecule has 2 saturated heterocycles. The predicted molar refractivity (Wildman–Crippen MR) is 87.1 cm³/mol. The maximum absolute atomic E-state index is 13.9. The van der Waals surface area contributed by atoms with Gasteiger partial charge in [-0.2, -0.15) is 5.26 Å². The molecular formula is C18H20FN3O3. The van der Waals surface area contributed by atoms with Crippen molar-refractivity contribution in [1.29, 1.82) is 5.26 Å². The molecule has 1 unspecified atom stereocenters. The second-order valence-electron chi connectivity index (χ2n) is 6.46. The normalized spacial score (nSPS) is 21.3. The van der Waals surface area contributed by atoms with Crippen LogP contribution in [-0.2, 0) is 9.59 Å². The number of carbonyl (C=O) groups excluding carboxylic acids is 2. The number of halogens is 1. The number of nitriles is 1. The molecule has 0 spiro atoms. The highest BCUT2D eigenvalue weighted by Gasteiger charge is 2.37. The highest BCUT2D eigenvalue weighted by Crippen LogP contribution is 2.25. The Labute approximate surface area is 145 Å². The van der Waals surface area contributed by atoms with Gasteiger partial charge >= 0.3 is 0 Å². The summed E-state index contributed by atoms with van der Waals surface area (Å²) in [5, 5.41) is 8.76. The van der Waals surface area contributed by atoms with Crippen molar-refractivity contribution in [2.45, 2.75) is 37.8 Å². The summed E-state index contributed by atoms with van der Waals surface area (Å²) in [5.74, 6) is -0.433. The van der Waals surface area contributed by atoms with Gasteiger partial charge in [-0.05, 0) is 24.6 Å². The van der Waals surface area contributed by atoms with Gasteiger partial charge in [0, 0.05) is 39.4 Å². The number of piperidine rings is 1. The zero-order chi connectivity index (χ0) is 18.0. The van der Waals surface area contributed by atoms with Crippen molar-refractivity contribution in [1.82, 2.24) is 9.80 Å². The molecule has 1 atom stereocenters. The Bertz CT molecular complexity index is 723. The van der Waals surface area contributed by atoms with Gasteiger partial charge in [0.1, 0.15) is 12.1 Å². The molecule has 7 heteroatoms. The largest absolute Gasteiger partial charge is 0.487 e. The Morgan fingerprint density at radius 1 is 1.32 bits per heavy atom. The van der Waals surface area contributed by atoms with E-state index >= 15 is 0 Å². The number of amides is 2. The van der Waals surface area contributed by atoms with Gasteiger partial charge in [0.2, 0.25) is 11.8 Å². The van der Waals surface area contributed by atoms with Crippen LogP contribution in [0.2, 0.25) is 0 Å². The van der Waals surface area contributed by atoms with Crippen LogP contribution >= 0.6 is 0 Å². The van der Waals surface area contributed by atoms with Gasteiger partial charge in [-0.25, -0.2) is 4.39 Å². The number of ether oxygens (including phenoxy) is 1. The van der Waals surface area contributed by atoms with E-state index in [2.05, 4.69) is 0 Å². The van der Waals surface area contributed by atoms with Crippen molar-refractivity contribution < 1.29 is 18.7 Å². The van der Waals surface area contributed by atoms with E-state index in [0.717, 1.165) is 6.07 Å². The molecule has 1 aromatic rings. The zero-order valence-corrected chi connectivity index (χ0v) is 14.1. The molecule has 2 amide bonds. The molecule has 2 aliphatic rings. The first-order valence-electron chi connectivity index (χ1n) is 8.40. The van der Waals surface area contributed by atoms with E-state index in [9.17, 15) is 14.0 Å². The molecule has 0 saturated carbocycles. The average Bonchev–Trinajstić information content (AvgIpc) is 2.96. The molecule has 132 valence electrons. The van der Waals surface area contributed by atoms with E-state index in [4.69, 9.17) is 10.00 Å². The quantitative estimate of drug-likeness (QED) is 0.836. The molecule has 0 N–H and O–H groups in total.